The highest BCUT2D eigenvalue weighted by atomic mass is 79.9. The number of hydrogen-bond donors (Lipinski definition) is 3. The molecule has 1 aliphatic heterocycles. The van der Waals surface area contributed by atoms with Gasteiger partial charge in [-0.2, -0.15) is 5.10 Å². The predicted octanol–water partition coefficient (Wildman–Crippen LogP) is 2.94. The Morgan fingerprint density at radius 3 is 2.96 bits per heavy atom. The van der Waals surface area contributed by atoms with Crippen LogP contribution in [0.3, 0.4) is 0 Å². The molecule has 1 aromatic heterocycles. The number of carbonyl (C=O) groups is 2. The van der Waals surface area contributed by atoms with E-state index in [2.05, 4.69) is 43.9 Å². The molecule has 7 nitrogen and oxygen atoms in total. The van der Waals surface area contributed by atoms with E-state index >= 15 is 0 Å². The van der Waals surface area contributed by atoms with Gasteiger partial charge in [0.1, 0.15) is 5.82 Å². The molecule has 0 aliphatic carbocycles. The summed E-state index contributed by atoms with van der Waals surface area (Å²) < 4.78 is 2.45. The van der Waals surface area contributed by atoms with Crippen LogP contribution in [0.5, 0.6) is 0 Å². The number of anilines is 1. The summed E-state index contributed by atoms with van der Waals surface area (Å²) in [4.78, 5) is 24.6. The van der Waals surface area contributed by atoms with Gasteiger partial charge >= 0.3 is 0 Å². The molecule has 3 rings (SSSR count). The summed E-state index contributed by atoms with van der Waals surface area (Å²) in [6.07, 6.45) is 1.86. The first kappa shape index (κ1) is 18.6. The number of nitrogens with one attached hydrogen (secondary N) is 3. The molecule has 2 aromatic rings. The first-order valence-electron chi connectivity index (χ1n) is 8.64. The third-order valence-electron chi connectivity index (χ3n) is 4.19. The van der Waals surface area contributed by atoms with Crippen LogP contribution in [0, 0.1) is 6.92 Å². The Bertz CT molecular complexity index is 820. The van der Waals surface area contributed by atoms with Crippen molar-refractivity contribution in [1.29, 1.82) is 0 Å². The van der Waals surface area contributed by atoms with Crippen molar-refractivity contribution in [3.8, 4) is 0 Å². The number of rotatable bonds is 5. The molecule has 1 fully saturated rings. The summed E-state index contributed by atoms with van der Waals surface area (Å²) in [6, 6.07) is 9.04. The summed E-state index contributed by atoms with van der Waals surface area (Å²) in [6.45, 7) is 3.93. The van der Waals surface area contributed by atoms with Crippen molar-refractivity contribution in [1.82, 2.24) is 20.4 Å². The molecule has 3 N–H and O–H groups in total. The van der Waals surface area contributed by atoms with E-state index in [0.717, 1.165) is 23.0 Å². The van der Waals surface area contributed by atoms with Crippen LogP contribution in [0.25, 0.3) is 0 Å². The van der Waals surface area contributed by atoms with Gasteiger partial charge in [-0.15, -0.1) is 0 Å². The minimum absolute atomic E-state index is 0.0235. The minimum atomic E-state index is -0.487. The van der Waals surface area contributed by atoms with Crippen molar-refractivity contribution in [2.24, 2.45) is 0 Å². The van der Waals surface area contributed by atoms with Gasteiger partial charge in [-0.1, -0.05) is 35.3 Å². The lowest BCUT2D eigenvalue weighted by atomic mass is 10.1. The Hall–Kier alpha value is -2.19. The molecule has 0 saturated carbocycles. The molecule has 0 radical (unpaired) electrons. The third-order valence-corrected chi connectivity index (χ3v) is 4.68. The zero-order valence-corrected chi connectivity index (χ0v) is 16.3. The van der Waals surface area contributed by atoms with Crippen molar-refractivity contribution >= 4 is 33.6 Å². The molecule has 2 unspecified atom stereocenters. The zero-order valence-electron chi connectivity index (χ0n) is 14.8. The van der Waals surface area contributed by atoms with E-state index in [1.165, 1.54) is 0 Å². The number of aryl methyl sites for hydroxylation is 1. The topological polar surface area (TPSA) is 88.1 Å². The molecule has 8 heteroatoms. The van der Waals surface area contributed by atoms with E-state index in [-0.39, 0.29) is 17.9 Å². The molecule has 1 aromatic carbocycles. The van der Waals surface area contributed by atoms with E-state index in [1.807, 2.05) is 13.0 Å². The lowest BCUT2D eigenvalue weighted by Gasteiger charge is -2.32. The molecule has 0 spiro atoms. The molecular weight excluding hydrogens is 398 g/mol. The number of amides is 2. The summed E-state index contributed by atoms with van der Waals surface area (Å²) in [5, 5.41) is 13.6. The molecular formula is C18H22BrN5O2. The van der Waals surface area contributed by atoms with Gasteiger partial charge in [-0.3, -0.25) is 14.9 Å². The first-order chi connectivity index (χ1) is 12.5. The van der Waals surface area contributed by atoms with Crippen molar-refractivity contribution in [3.63, 3.8) is 0 Å². The number of benzene rings is 1. The summed E-state index contributed by atoms with van der Waals surface area (Å²) in [7, 11) is 0. The highest BCUT2D eigenvalue weighted by Gasteiger charge is 2.28. The smallest absolute Gasteiger partial charge is 0.256 e. The SMILES string of the molecule is CCCC1CC(=O)NC(n2nc(C)cc2NC(=O)c2cccc(Br)c2)N1. The molecule has 0 bridgehead atoms. The Morgan fingerprint density at radius 1 is 1.42 bits per heavy atom. The van der Waals surface area contributed by atoms with Gasteiger partial charge < -0.3 is 10.6 Å². The van der Waals surface area contributed by atoms with E-state index < -0.39 is 6.29 Å². The Morgan fingerprint density at radius 2 is 2.23 bits per heavy atom. The maximum absolute atomic E-state index is 12.6. The van der Waals surface area contributed by atoms with Crippen LogP contribution in [-0.2, 0) is 4.79 Å². The quantitative estimate of drug-likeness (QED) is 0.694. The fourth-order valence-corrected chi connectivity index (χ4v) is 3.45. The van der Waals surface area contributed by atoms with Crippen molar-refractivity contribution < 1.29 is 9.59 Å². The predicted molar refractivity (Wildman–Crippen MR) is 103 cm³/mol. The average molecular weight is 420 g/mol. The summed E-state index contributed by atoms with van der Waals surface area (Å²) in [5.41, 5.74) is 1.29. The van der Waals surface area contributed by atoms with Crippen LogP contribution in [0.2, 0.25) is 0 Å². The van der Waals surface area contributed by atoms with Crippen LogP contribution >= 0.6 is 15.9 Å². The molecule has 26 heavy (non-hydrogen) atoms. The average Bonchev–Trinajstić information content (AvgIpc) is 2.95. The Balaban J connectivity index is 1.81. The van der Waals surface area contributed by atoms with Crippen LogP contribution in [-0.4, -0.2) is 27.6 Å². The number of nitrogens with zero attached hydrogens (tertiary/aromatic N) is 2. The largest absolute Gasteiger partial charge is 0.322 e. The fraction of sp³-hybridized carbons (Fsp3) is 0.389. The van der Waals surface area contributed by atoms with E-state index in [4.69, 9.17) is 0 Å². The molecule has 1 aliphatic rings. The van der Waals surface area contributed by atoms with Gasteiger partial charge in [0.2, 0.25) is 5.91 Å². The maximum Gasteiger partial charge on any atom is 0.256 e. The standard InChI is InChI=1S/C18H22BrN5O2/c1-3-5-14-10-16(25)22-18(20-14)24-15(8-11(2)23-24)21-17(26)12-6-4-7-13(19)9-12/h4,6-9,14,18,20H,3,5,10H2,1-2H3,(H,21,26)(H,22,25). The maximum atomic E-state index is 12.6. The third kappa shape index (κ3) is 4.31. The Labute approximate surface area is 160 Å². The lowest BCUT2D eigenvalue weighted by molar-refractivity contribution is -0.125. The van der Waals surface area contributed by atoms with Crippen LogP contribution in [0.4, 0.5) is 5.82 Å². The molecule has 2 atom stereocenters. The number of halogens is 1. The lowest BCUT2D eigenvalue weighted by Crippen LogP contribution is -2.53. The van der Waals surface area contributed by atoms with E-state index in [1.54, 1.807) is 28.9 Å². The highest BCUT2D eigenvalue weighted by Crippen LogP contribution is 2.20. The summed E-state index contributed by atoms with van der Waals surface area (Å²) in [5.74, 6) is 0.270. The summed E-state index contributed by atoms with van der Waals surface area (Å²) >= 11 is 3.37. The van der Waals surface area contributed by atoms with Crippen molar-refractivity contribution in [2.75, 3.05) is 5.32 Å². The van der Waals surface area contributed by atoms with Gasteiger partial charge in [0, 0.05) is 28.6 Å². The second-order valence-corrected chi connectivity index (χ2v) is 7.32. The van der Waals surface area contributed by atoms with Crippen LogP contribution < -0.4 is 16.0 Å². The number of hydrogen-bond acceptors (Lipinski definition) is 4. The normalized spacial score (nSPS) is 19.9. The first-order valence-corrected chi connectivity index (χ1v) is 9.44. The second-order valence-electron chi connectivity index (χ2n) is 6.41. The van der Waals surface area contributed by atoms with Crippen LogP contribution in [0.15, 0.2) is 34.8 Å². The molecule has 138 valence electrons. The van der Waals surface area contributed by atoms with Gasteiger partial charge in [0.25, 0.3) is 5.91 Å². The number of aromatic nitrogens is 2. The van der Waals surface area contributed by atoms with Crippen molar-refractivity contribution in [2.45, 2.75) is 45.4 Å². The van der Waals surface area contributed by atoms with Gasteiger partial charge in [0.05, 0.1) is 5.69 Å². The second kappa shape index (κ2) is 8.01. The van der Waals surface area contributed by atoms with Gasteiger partial charge in [0.15, 0.2) is 6.29 Å². The zero-order chi connectivity index (χ0) is 18.7. The van der Waals surface area contributed by atoms with Crippen LogP contribution in [0.1, 0.15) is 48.5 Å². The van der Waals surface area contributed by atoms with Gasteiger partial charge in [-0.25, -0.2) is 4.68 Å². The molecule has 1 saturated heterocycles. The highest BCUT2D eigenvalue weighted by molar-refractivity contribution is 9.10. The van der Waals surface area contributed by atoms with Crippen molar-refractivity contribution in [3.05, 3.63) is 46.1 Å². The number of carbonyl (C=O) groups excluding carboxylic acids is 2. The minimum Gasteiger partial charge on any atom is -0.322 e. The molecule has 2 heterocycles. The monoisotopic (exact) mass is 419 g/mol. The molecule has 2 amide bonds. The Kier molecular flexibility index (Phi) is 5.73. The van der Waals surface area contributed by atoms with E-state index in [0.29, 0.717) is 17.8 Å². The van der Waals surface area contributed by atoms with E-state index in [9.17, 15) is 9.59 Å². The fourth-order valence-electron chi connectivity index (χ4n) is 3.05. The van der Waals surface area contributed by atoms with Gasteiger partial charge in [-0.05, 0) is 31.5 Å².